The predicted molar refractivity (Wildman–Crippen MR) is 41.6 cm³/mol. The second-order valence-corrected chi connectivity index (χ2v) is 4.36. The molecule has 1 aliphatic rings. The fourth-order valence-corrected chi connectivity index (χ4v) is 1.24. The Labute approximate surface area is 75.9 Å². The molecular formula is C6H10O6S. The van der Waals surface area contributed by atoms with E-state index in [1.54, 1.807) is 0 Å². The molecule has 1 aliphatic heterocycles. The summed E-state index contributed by atoms with van der Waals surface area (Å²) in [6.45, 7) is 1.33. The number of hydrogen-bond donors (Lipinski definition) is 0. The van der Waals surface area contributed by atoms with Crippen LogP contribution in [-0.2, 0) is 23.8 Å². The van der Waals surface area contributed by atoms with Crippen molar-refractivity contribution in [3.8, 4) is 0 Å². The maximum atomic E-state index is 10.8. The van der Waals surface area contributed by atoms with Gasteiger partial charge in [0.25, 0.3) is 10.1 Å². The molecule has 0 bridgehead atoms. The quantitative estimate of drug-likeness (QED) is 0.475. The number of carbonyl (C=O) groups is 1. The molecule has 1 rings (SSSR count). The Bertz CT molecular complexity index is 281. The molecule has 1 atom stereocenters. The first-order chi connectivity index (χ1) is 6.03. The third kappa shape index (κ3) is 3.19. The van der Waals surface area contributed by atoms with Gasteiger partial charge in [0.05, 0.1) is 5.75 Å². The summed E-state index contributed by atoms with van der Waals surface area (Å²) in [4.78, 5) is 10.4. The van der Waals surface area contributed by atoms with Crippen LogP contribution in [0.4, 0.5) is 4.79 Å². The van der Waals surface area contributed by atoms with Gasteiger partial charge in [-0.05, 0) is 6.92 Å². The van der Waals surface area contributed by atoms with E-state index in [1.807, 2.05) is 0 Å². The molecule has 1 unspecified atom stereocenters. The summed E-state index contributed by atoms with van der Waals surface area (Å²) in [5.41, 5.74) is 0. The molecule has 6 nitrogen and oxygen atoms in total. The number of cyclic esters (lactones) is 2. The lowest BCUT2D eigenvalue weighted by Crippen LogP contribution is -2.21. The maximum Gasteiger partial charge on any atom is 0.508 e. The fourth-order valence-electron chi connectivity index (χ4n) is 0.710. The first-order valence-corrected chi connectivity index (χ1v) is 5.32. The van der Waals surface area contributed by atoms with E-state index in [4.69, 9.17) is 0 Å². The van der Waals surface area contributed by atoms with Crippen molar-refractivity contribution in [3.63, 3.8) is 0 Å². The Morgan fingerprint density at radius 2 is 2.31 bits per heavy atom. The average molecular weight is 210 g/mol. The SMILES string of the molecule is CCS(=O)(=O)OCC1COC(=O)O1. The summed E-state index contributed by atoms with van der Waals surface area (Å²) in [7, 11) is -3.47. The zero-order valence-corrected chi connectivity index (χ0v) is 7.87. The van der Waals surface area contributed by atoms with Crippen molar-refractivity contribution in [2.75, 3.05) is 19.0 Å². The van der Waals surface area contributed by atoms with Gasteiger partial charge >= 0.3 is 6.16 Å². The number of hydrogen-bond acceptors (Lipinski definition) is 6. The minimum Gasteiger partial charge on any atom is -0.430 e. The molecule has 1 heterocycles. The predicted octanol–water partition coefficient (Wildman–Crippen LogP) is -0.112. The molecule has 0 N–H and O–H groups in total. The molecular weight excluding hydrogens is 200 g/mol. The van der Waals surface area contributed by atoms with Crippen molar-refractivity contribution in [3.05, 3.63) is 0 Å². The summed E-state index contributed by atoms with van der Waals surface area (Å²) in [6, 6.07) is 0. The molecule has 0 aromatic carbocycles. The van der Waals surface area contributed by atoms with Crippen LogP contribution in [0.5, 0.6) is 0 Å². The zero-order chi connectivity index (χ0) is 9.90. The lowest BCUT2D eigenvalue weighted by molar-refractivity contribution is 0.0997. The van der Waals surface area contributed by atoms with Crippen molar-refractivity contribution in [2.45, 2.75) is 13.0 Å². The first kappa shape index (κ1) is 10.3. The Kier molecular flexibility index (Phi) is 3.10. The topological polar surface area (TPSA) is 78.9 Å². The van der Waals surface area contributed by atoms with Gasteiger partial charge in [-0.25, -0.2) is 4.79 Å². The van der Waals surface area contributed by atoms with Crippen molar-refractivity contribution in [2.24, 2.45) is 0 Å². The lowest BCUT2D eigenvalue weighted by atomic mass is 10.4. The fraction of sp³-hybridized carbons (Fsp3) is 0.833. The molecule has 0 radical (unpaired) electrons. The molecule has 0 aromatic heterocycles. The molecule has 0 aromatic rings. The van der Waals surface area contributed by atoms with Gasteiger partial charge in [-0.3, -0.25) is 4.18 Å². The standard InChI is InChI=1S/C6H10O6S/c1-2-13(8,9)11-4-5-3-10-6(7)12-5/h5H,2-4H2,1H3. The summed E-state index contributed by atoms with van der Waals surface area (Å²) in [6.07, 6.45) is -1.41. The van der Waals surface area contributed by atoms with E-state index in [0.717, 1.165) is 0 Å². The van der Waals surface area contributed by atoms with E-state index < -0.39 is 22.4 Å². The third-order valence-electron chi connectivity index (χ3n) is 1.44. The monoisotopic (exact) mass is 210 g/mol. The summed E-state index contributed by atoms with van der Waals surface area (Å²) in [5.74, 6) is -0.103. The summed E-state index contributed by atoms with van der Waals surface area (Å²) in [5, 5.41) is 0. The Morgan fingerprint density at radius 3 is 2.77 bits per heavy atom. The van der Waals surface area contributed by atoms with Gasteiger partial charge in [0.15, 0.2) is 6.10 Å². The molecule has 0 aliphatic carbocycles. The normalized spacial score (nSPS) is 22.5. The van der Waals surface area contributed by atoms with Gasteiger partial charge in [0.1, 0.15) is 13.2 Å². The highest BCUT2D eigenvalue weighted by Crippen LogP contribution is 2.07. The van der Waals surface area contributed by atoms with Crippen LogP contribution in [0.25, 0.3) is 0 Å². The van der Waals surface area contributed by atoms with Crippen LogP contribution in [0.3, 0.4) is 0 Å². The van der Waals surface area contributed by atoms with Crippen LogP contribution in [0.2, 0.25) is 0 Å². The van der Waals surface area contributed by atoms with Crippen molar-refractivity contribution in [1.82, 2.24) is 0 Å². The molecule has 1 saturated heterocycles. The highest BCUT2D eigenvalue weighted by molar-refractivity contribution is 7.86. The molecule has 0 saturated carbocycles. The Morgan fingerprint density at radius 1 is 1.62 bits per heavy atom. The highest BCUT2D eigenvalue weighted by atomic mass is 32.2. The number of carbonyl (C=O) groups excluding carboxylic acids is 1. The van der Waals surface area contributed by atoms with Gasteiger partial charge in [-0.1, -0.05) is 0 Å². The maximum absolute atomic E-state index is 10.8. The largest absolute Gasteiger partial charge is 0.508 e. The van der Waals surface area contributed by atoms with E-state index in [1.165, 1.54) is 6.92 Å². The molecule has 76 valence electrons. The van der Waals surface area contributed by atoms with E-state index in [-0.39, 0.29) is 19.0 Å². The minimum absolute atomic E-state index is 0.0397. The Balaban J connectivity index is 2.31. The Hall–Kier alpha value is -0.820. The van der Waals surface area contributed by atoms with E-state index in [2.05, 4.69) is 13.7 Å². The lowest BCUT2D eigenvalue weighted by Gasteiger charge is -2.06. The van der Waals surface area contributed by atoms with E-state index in [9.17, 15) is 13.2 Å². The van der Waals surface area contributed by atoms with Crippen molar-refractivity contribution in [1.29, 1.82) is 0 Å². The van der Waals surface area contributed by atoms with E-state index >= 15 is 0 Å². The summed E-state index contributed by atoms with van der Waals surface area (Å²) < 4.78 is 35.2. The summed E-state index contributed by atoms with van der Waals surface area (Å²) >= 11 is 0. The number of rotatable bonds is 4. The van der Waals surface area contributed by atoms with Crippen LogP contribution >= 0.6 is 0 Å². The van der Waals surface area contributed by atoms with Crippen LogP contribution < -0.4 is 0 Å². The zero-order valence-electron chi connectivity index (χ0n) is 7.06. The van der Waals surface area contributed by atoms with Crippen LogP contribution in [0, 0.1) is 0 Å². The smallest absolute Gasteiger partial charge is 0.430 e. The van der Waals surface area contributed by atoms with Crippen molar-refractivity contribution < 1.29 is 26.9 Å². The molecule has 7 heteroatoms. The van der Waals surface area contributed by atoms with Gasteiger partial charge in [-0.15, -0.1) is 0 Å². The average Bonchev–Trinajstić information content (AvgIpc) is 2.48. The van der Waals surface area contributed by atoms with Gasteiger partial charge in [0, 0.05) is 0 Å². The molecule has 0 spiro atoms. The minimum atomic E-state index is -3.47. The second kappa shape index (κ2) is 3.93. The number of ether oxygens (including phenoxy) is 2. The van der Waals surface area contributed by atoms with E-state index in [0.29, 0.717) is 0 Å². The second-order valence-electron chi connectivity index (χ2n) is 2.43. The van der Waals surface area contributed by atoms with Crippen LogP contribution in [-0.4, -0.2) is 39.6 Å². The molecule has 0 amide bonds. The third-order valence-corrected chi connectivity index (χ3v) is 2.64. The molecule has 13 heavy (non-hydrogen) atoms. The highest BCUT2D eigenvalue weighted by Gasteiger charge is 2.26. The van der Waals surface area contributed by atoms with Gasteiger partial charge in [-0.2, -0.15) is 8.42 Å². The van der Waals surface area contributed by atoms with Crippen LogP contribution in [0.15, 0.2) is 0 Å². The van der Waals surface area contributed by atoms with Crippen LogP contribution in [0.1, 0.15) is 6.92 Å². The van der Waals surface area contributed by atoms with Crippen molar-refractivity contribution >= 4 is 16.3 Å². The van der Waals surface area contributed by atoms with Gasteiger partial charge < -0.3 is 9.47 Å². The van der Waals surface area contributed by atoms with Gasteiger partial charge in [0.2, 0.25) is 0 Å². The first-order valence-electron chi connectivity index (χ1n) is 3.74. The molecule has 1 fully saturated rings.